The minimum atomic E-state index is 0.629. The standard InChI is InChI=1S/C7H4BN/c1-9-7-4-2-6(8)3-5-7/h2-5H. The molecule has 0 aliphatic heterocycles. The minimum absolute atomic E-state index is 0.629. The molecular formula is C7H4BN. The molecule has 2 radical (unpaired) electrons. The van der Waals surface area contributed by atoms with E-state index in [-0.39, 0.29) is 0 Å². The molecule has 0 spiro atoms. The lowest BCUT2D eigenvalue weighted by molar-refractivity contribution is 1.77. The zero-order valence-corrected chi connectivity index (χ0v) is 4.83. The number of hydrogen-bond acceptors (Lipinski definition) is 0. The summed E-state index contributed by atoms with van der Waals surface area (Å²) in [4.78, 5) is 3.21. The van der Waals surface area contributed by atoms with Crippen LogP contribution < -0.4 is 5.46 Å². The topological polar surface area (TPSA) is 4.36 Å². The zero-order valence-electron chi connectivity index (χ0n) is 4.83. The molecule has 1 rings (SSSR count). The van der Waals surface area contributed by atoms with Crippen LogP contribution in [0.25, 0.3) is 4.85 Å². The van der Waals surface area contributed by atoms with Gasteiger partial charge in [0.2, 0.25) is 0 Å². The van der Waals surface area contributed by atoms with Crippen LogP contribution in [-0.2, 0) is 0 Å². The van der Waals surface area contributed by atoms with Gasteiger partial charge in [-0.05, 0) is 0 Å². The second-order valence-corrected chi connectivity index (χ2v) is 1.70. The normalized spacial score (nSPS) is 8.33. The van der Waals surface area contributed by atoms with E-state index in [2.05, 4.69) is 4.85 Å². The summed E-state index contributed by atoms with van der Waals surface area (Å²) < 4.78 is 0. The maximum absolute atomic E-state index is 6.60. The van der Waals surface area contributed by atoms with Crippen molar-refractivity contribution in [1.29, 1.82) is 0 Å². The van der Waals surface area contributed by atoms with E-state index in [4.69, 9.17) is 14.4 Å². The van der Waals surface area contributed by atoms with Crippen molar-refractivity contribution in [3.05, 3.63) is 35.7 Å². The molecule has 0 saturated carbocycles. The van der Waals surface area contributed by atoms with E-state index in [9.17, 15) is 0 Å². The van der Waals surface area contributed by atoms with Crippen molar-refractivity contribution in [3.8, 4) is 0 Å². The van der Waals surface area contributed by atoms with Crippen LogP contribution in [0.5, 0.6) is 0 Å². The first-order valence-corrected chi connectivity index (χ1v) is 2.56. The number of benzene rings is 1. The van der Waals surface area contributed by atoms with E-state index in [0.29, 0.717) is 11.2 Å². The highest BCUT2D eigenvalue weighted by atomic mass is 14.6. The molecule has 9 heavy (non-hydrogen) atoms. The predicted molar refractivity (Wildman–Crippen MR) is 38.1 cm³/mol. The summed E-state index contributed by atoms with van der Waals surface area (Å²) in [5, 5.41) is 0. The van der Waals surface area contributed by atoms with Gasteiger partial charge in [-0.2, -0.15) is 0 Å². The smallest absolute Gasteiger partial charge is 0.187 e. The maximum atomic E-state index is 6.60. The largest absolute Gasteiger partial charge is 0.238 e. The molecule has 0 unspecified atom stereocenters. The zero-order chi connectivity index (χ0) is 6.69. The van der Waals surface area contributed by atoms with Crippen LogP contribution in [0.4, 0.5) is 5.69 Å². The van der Waals surface area contributed by atoms with Gasteiger partial charge in [0.05, 0.1) is 6.57 Å². The summed E-state index contributed by atoms with van der Waals surface area (Å²) in [7, 11) is 5.38. The molecule has 0 heterocycles. The molecule has 0 bridgehead atoms. The van der Waals surface area contributed by atoms with Crippen LogP contribution >= 0.6 is 0 Å². The second kappa shape index (κ2) is 2.36. The summed E-state index contributed by atoms with van der Waals surface area (Å²) in [6.07, 6.45) is 0. The highest BCUT2D eigenvalue weighted by Gasteiger charge is 1.84. The van der Waals surface area contributed by atoms with Gasteiger partial charge in [-0.25, -0.2) is 4.85 Å². The van der Waals surface area contributed by atoms with E-state index < -0.39 is 0 Å². The van der Waals surface area contributed by atoms with Crippen LogP contribution in [0.1, 0.15) is 0 Å². The van der Waals surface area contributed by atoms with Crippen molar-refractivity contribution in [3.63, 3.8) is 0 Å². The Bertz CT molecular complexity index is 232. The maximum Gasteiger partial charge on any atom is 0.187 e. The summed E-state index contributed by atoms with van der Waals surface area (Å²) in [5.74, 6) is 0. The fraction of sp³-hybridized carbons (Fsp3) is 0. The van der Waals surface area contributed by atoms with Crippen molar-refractivity contribution in [2.75, 3.05) is 0 Å². The molecule has 0 aliphatic rings. The van der Waals surface area contributed by atoms with Gasteiger partial charge in [0.15, 0.2) is 5.69 Å². The summed E-state index contributed by atoms with van der Waals surface area (Å²) in [6.45, 7) is 6.60. The molecule has 1 aromatic rings. The molecule has 0 fully saturated rings. The lowest BCUT2D eigenvalue weighted by atomic mass is 9.96. The van der Waals surface area contributed by atoms with Crippen molar-refractivity contribution in [2.24, 2.45) is 0 Å². The Hall–Kier alpha value is -1.23. The Balaban J connectivity index is 3.06. The average molecular weight is 113 g/mol. The second-order valence-electron chi connectivity index (χ2n) is 1.70. The Morgan fingerprint density at radius 3 is 2.22 bits per heavy atom. The monoisotopic (exact) mass is 113 g/mol. The van der Waals surface area contributed by atoms with E-state index in [1.54, 1.807) is 24.3 Å². The van der Waals surface area contributed by atoms with Gasteiger partial charge in [-0.1, -0.05) is 29.7 Å². The van der Waals surface area contributed by atoms with Crippen molar-refractivity contribution in [2.45, 2.75) is 0 Å². The van der Waals surface area contributed by atoms with Crippen LogP contribution in [0.3, 0.4) is 0 Å². The predicted octanol–water partition coefficient (Wildman–Crippen LogP) is 1.03. The lowest BCUT2D eigenvalue weighted by Gasteiger charge is -1.88. The molecule has 2 heteroatoms. The average Bonchev–Trinajstić information content (AvgIpc) is 1.90. The summed E-state index contributed by atoms with van der Waals surface area (Å²) >= 11 is 0. The first kappa shape index (κ1) is 5.90. The number of hydrogen-bond donors (Lipinski definition) is 0. The van der Waals surface area contributed by atoms with Crippen molar-refractivity contribution in [1.82, 2.24) is 0 Å². The van der Waals surface area contributed by atoms with Crippen molar-refractivity contribution >= 4 is 19.0 Å². The van der Waals surface area contributed by atoms with Gasteiger partial charge >= 0.3 is 0 Å². The van der Waals surface area contributed by atoms with Gasteiger partial charge in [0.1, 0.15) is 7.85 Å². The molecular weight excluding hydrogens is 109 g/mol. The molecule has 0 N–H and O–H groups in total. The van der Waals surface area contributed by atoms with Gasteiger partial charge < -0.3 is 0 Å². The van der Waals surface area contributed by atoms with Crippen molar-refractivity contribution < 1.29 is 0 Å². The third-order valence-electron chi connectivity index (χ3n) is 1.02. The Morgan fingerprint density at radius 1 is 1.22 bits per heavy atom. The molecule has 40 valence electrons. The first-order chi connectivity index (χ1) is 4.33. The SMILES string of the molecule is [B]c1ccc([N+]#[C-])cc1. The van der Waals surface area contributed by atoms with E-state index in [1.807, 2.05) is 0 Å². The van der Waals surface area contributed by atoms with Gasteiger partial charge in [0.25, 0.3) is 0 Å². The van der Waals surface area contributed by atoms with Gasteiger partial charge in [-0.15, -0.1) is 0 Å². The van der Waals surface area contributed by atoms with E-state index in [0.717, 1.165) is 0 Å². The van der Waals surface area contributed by atoms with E-state index >= 15 is 0 Å². The first-order valence-electron chi connectivity index (χ1n) is 2.56. The fourth-order valence-corrected chi connectivity index (χ4v) is 0.549. The number of nitrogens with zero attached hydrogens (tertiary/aromatic N) is 1. The van der Waals surface area contributed by atoms with Crippen LogP contribution in [-0.4, -0.2) is 7.85 Å². The van der Waals surface area contributed by atoms with Gasteiger partial charge in [0, 0.05) is 0 Å². The highest BCUT2D eigenvalue weighted by Crippen LogP contribution is 2.06. The Labute approximate surface area is 55.6 Å². The van der Waals surface area contributed by atoms with Crippen LogP contribution in [0, 0.1) is 6.57 Å². The third kappa shape index (κ3) is 1.33. The molecule has 0 amide bonds. The molecule has 0 atom stereocenters. The quantitative estimate of drug-likeness (QED) is 0.349. The Morgan fingerprint density at radius 2 is 1.78 bits per heavy atom. The van der Waals surface area contributed by atoms with E-state index in [1.165, 1.54) is 0 Å². The molecule has 0 saturated heterocycles. The highest BCUT2D eigenvalue weighted by molar-refractivity contribution is 6.32. The number of rotatable bonds is 0. The lowest BCUT2D eigenvalue weighted by Crippen LogP contribution is -1.97. The van der Waals surface area contributed by atoms with Crippen LogP contribution in [0.2, 0.25) is 0 Å². The van der Waals surface area contributed by atoms with Crippen LogP contribution in [0.15, 0.2) is 24.3 Å². The minimum Gasteiger partial charge on any atom is -0.238 e. The Kier molecular flexibility index (Phi) is 1.55. The summed E-state index contributed by atoms with van der Waals surface area (Å²) in [5.41, 5.74) is 1.33. The molecule has 0 aliphatic carbocycles. The van der Waals surface area contributed by atoms with Gasteiger partial charge in [-0.3, -0.25) is 0 Å². The summed E-state index contributed by atoms with van der Waals surface area (Å²) in [6, 6.07) is 6.82. The molecule has 1 nitrogen and oxygen atoms in total. The molecule has 1 aromatic carbocycles. The third-order valence-corrected chi connectivity index (χ3v) is 1.02. The fourth-order valence-electron chi connectivity index (χ4n) is 0.549. The molecule has 0 aromatic heterocycles.